The van der Waals surface area contributed by atoms with Crippen molar-refractivity contribution in [3.8, 4) is 0 Å². The number of aliphatic hydroxyl groups excluding tert-OH is 1. The lowest BCUT2D eigenvalue weighted by Gasteiger charge is -2.39. The third-order valence-corrected chi connectivity index (χ3v) is 7.03. The first-order valence-corrected chi connectivity index (χ1v) is 11.3. The second-order valence-corrected chi connectivity index (χ2v) is 9.18. The highest BCUT2D eigenvalue weighted by Gasteiger charge is 2.72. The van der Waals surface area contributed by atoms with Crippen LogP contribution >= 0.6 is 0 Å². The Balaban J connectivity index is 1.84. The molecule has 31 heavy (non-hydrogen) atoms. The first-order valence-electron chi connectivity index (χ1n) is 11.3. The number of unbranched alkanes of at least 4 members (excludes halogenated alkanes) is 1. The summed E-state index contributed by atoms with van der Waals surface area (Å²) in [6.45, 7) is 6.76. The fourth-order valence-electron chi connectivity index (χ4n) is 5.48. The van der Waals surface area contributed by atoms with E-state index in [1.807, 2.05) is 26.0 Å². The Morgan fingerprint density at radius 1 is 1.23 bits per heavy atom. The van der Waals surface area contributed by atoms with Gasteiger partial charge in [-0.2, -0.15) is 0 Å². The van der Waals surface area contributed by atoms with Crippen LogP contribution in [0.15, 0.2) is 24.3 Å². The molecule has 1 spiro atoms. The van der Waals surface area contributed by atoms with Crippen LogP contribution in [0.1, 0.15) is 33.6 Å². The fraction of sp³-hybridized carbons (Fsp3) is 0.696. The molecule has 1 N–H and O–H groups in total. The molecule has 8 nitrogen and oxygen atoms in total. The Morgan fingerprint density at radius 3 is 2.68 bits per heavy atom. The fourth-order valence-corrected chi connectivity index (χ4v) is 5.48. The molecule has 4 aliphatic heterocycles. The minimum Gasteiger partial charge on any atom is -0.461 e. The minimum absolute atomic E-state index is 0.0780. The van der Waals surface area contributed by atoms with Crippen molar-refractivity contribution in [1.82, 2.24) is 9.80 Å². The van der Waals surface area contributed by atoms with Crippen LogP contribution in [0, 0.1) is 17.8 Å². The number of rotatable bonds is 6. The number of hydrogen-bond donors (Lipinski definition) is 1. The Morgan fingerprint density at radius 2 is 2.00 bits per heavy atom. The van der Waals surface area contributed by atoms with Gasteiger partial charge in [-0.1, -0.05) is 45.4 Å². The molecule has 0 radical (unpaired) electrons. The molecule has 0 aromatic heterocycles. The minimum atomic E-state index is -1.26. The molecule has 0 saturated carbocycles. The number of hydrogen-bond acceptors (Lipinski definition) is 6. The van der Waals surface area contributed by atoms with Crippen LogP contribution in [0.2, 0.25) is 0 Å². The number of ether oxygens (including phenoxy) is 2. The molecule has 0 bridgehead atoms. The van der Waals surface area contributed by atoms with Crippen molar-refractivity contribution in [2.45, 2.75) is 57.4 Å². The maximum Gasteiger partial charge on any atom is 0.313 e. The number of carbonyl (C=O) groups is 3. The zero-order valence-electron chi connectivity index (χ0n) is 18.4. The van der Waals surface area contributed by atoms with E-state index in [2.05, 4.69) is 6.92 Å². The molecular formula is C23H32N2O6. The molecule has 6 atom stereocenters. The normalized spacial score (nSPS) is 35.6. The number of cyclic esters (lactones) is 1. The van der Waals surface area contributed by atoms with Gasteiger partial charge in [-0.15, -0.1) is 0 Å². The second kappa shape index (κ2) is 8.39. The van der Waals surface area contributed by atoms with Crippen LogP contribution in [-0.4, -0.2) is 82.8 Å². The number of aliphatic hydroxyl groups is 1. The quantitative estimate of drug-likeness (QED) is 0.495. The molecule has 170 valence electrons. The van der Waals surface area contributed by atoms with Gasteiger partial charge in [0.15, 0.2) is 0 Å². The summed E-state index contributed by atoms with van der Waals surface area (Å²) in [5.74, 6) is -2.76. The van der Waals surface area contributed by atoms with Gasteiger partial charge in [-0.25, -0.2) is 0 Å². The maximum atomic E-state index is 13.8. The zero-order chi connectivity index (χ0) is 22.3. The summed E-state index contributed by atoms with van der Waals surface area (Å²) in [7, 11) is 0. The van der Waals surface area contributed by atoms with E-state index < -0.39 is 41.6 Å². The molecule has 4 heterocycles. The van der Waals surface area contributed by atoms with Crippen LogP contribution in [0.3, 0.4) is 0 Å². The van der Waals surface area contributed by atoms with Crippen LogP contribution in [-0.2, 0) is 23.9 Å². The molecule has 0 aromatic carbocycles. The summed E-state index contributed by atoms with van der Waals surface area (Å²) >= 11 is 0. The van der Waals surface area contributed by atoms with E-state index in [1.54, 1.807) is 17.1 Å². The van der Waals surface area contributed by atoms with Gasteiger partial charge >= 0.3 is 5.97 Å². The molecule has 0 aromatic rings. The zero-order valence-corrected chi connectivity index (χ0v) is 18.4. The molecule has 2 amide bonds. The number of carbonyl (C=O) groups excluding carboxylic acids is 3. The van der Waals surface area contributed by atoms with Crippen molar-refractivity contribution in [1.29, 1.82) is 0 Å². The monoisotopic (exact) mass is 432 g/mol. The highest BCUT2D eigenvalue weighted by atomic mass is 16.6. The second-order valence-electron chi connectivity index (χ2n) is 9.18. The summed E-state index contributed by atoms with van der Waals surface area (Å²) in [5, 5.41) is 10.1. The maximum absolute atomic E-state index is 13.8. The molecule has 0 aliphatic carbocycles. The highest BCUT2D eigenvalue weighted by molar-refractivity contribution is 5.99. The van der Waals surface area contributed by atoms with Crippen molar-refractivity contribution in [2.75, 3.05) is 26.3 Å². The third-order valence-electron chi connectivity index (χ3n) is 7.03. The third kappa shape index (κ3) is 3.31. The molecular weight excluding hydrogens is 400 g/mol. The Bertz CT molecular complexity index is 808. The van der Waals surface area contributed by atoms with E-state index in [-0.39, 0.29) is 30.9 Å². The van der Waals surface area contributed by atoms with E-state index in [0.29, 0.717) is 13.1 Å². The first-order chi connectivity index (χ1) is 14.9. The smallest absolute Gasteiger partial charge is 0.313 e. The van der Waals surface area contributed by atoms with Gasteiger partial charge in [0.05, 0.1) is 24.7 Å². The SMILES string of the molecule is CCCCN1CC=C[C@]23O[C@H]4C=CCOC(=O)[C@H]4[C@H]2C(=O)N([C@@H](CO)C(C)C)C3C1=O. The molecule has 4 aliphatic rings. The lowest BCUT2D eigenvalue weighted by Crippen LogP contribution is -2.59. The van der Waals surface area contributed by atoms with Gasteiger partial charge in [0.1, 0.15) is 24.2 Å². The number of esters is 1. The molecule has 8 heteroatoms. The number of nitrogens with zero attached hydrogens (tertiary/aromatic N) is 2. The Kier molecular flexibility index (Phi) is 5.96. The van der Waals surface area contributed by atoms with Gasteiger partial charge in [-0.3, -0.25) is 14.4 Å². The van der Waals surface area contributed by atoms with E-state index in [1.165, 1.54) is 4.90 Å². The lowest BCUT2D eigenvalue weighted by atomic mass is 9.78. The molecule has 2 saturated heterocycles. The Labute approximate surface area is 182 Å². The summed E-state index contributed by atoms with van der Waals surface area (Å²) in [4.78, 5) is 43.7. The van der Waals surface area contributed by atoms with Gasteiger partial charge in [0, 0.05) is 13.1 Å². The average Bonchev–Trinajstić information content (AvgIpc) is 3.03. The van der Waals surface area contributed by atoms with Crippen molar-refractivity contribution < 1.29 is 29.0 Å². The van der Waals surface area contributed by atoms with E-state index >= 15 is 0 Å². The van der Waals surface area contributed by atoms with Gasteiger partial charge < -0.3 is 24.4 Å². The highest BCUT2D eigenvalue weighted by Crippen LogP contribution is 2.54. The van der Waals surface area contributed by atoms with Crippen LogP contribution in [0.4, 0.5) is 0 Å². The average molecular weight is 433 g/mol. The van der Waals surface area contributed by atoms with E-state index in [9.17, 15) is 19.5 Å². The summed E-state index contributed by atoms with van der Waals surface area (Å²) < 4.78 is 11.7. The van der Waals surface area contributed by atoms with Crippen molar-refractivity contribution in [2.24, 2.45) is 17.8 Å². The first kappa shape index (κ1) is 22.0. The Hall–Kier alpha value is -2.19. The number of likely N-dealkylation sites (tertiary alicyclic amines) is 1. The van der Waals surface area contributed by atoms with Crippen LogP contribution < -0.4 is 0 Å². The van der Waals surface area contributed by atoms with Gasteiger partial charge in [0.25, 0.3) is 0 Å². The van der Waals surface area contributed by atoms with E-state index in [0.717, 1.165) is 12.8 Å². The van der Waals surface area contributed by atoms with Gasteiger partial charge in [-0.05, 0) is 18.4 Å². The van der Waals surface area contributed by atoms with Crippen molar-refractivity contribution in [3.05, 3.63) is 24.3 Å². The standard InChI is InChI=1S/C23H32N2O6/c1-4-5-10-24-11-7-9-23-18(17-16(31-23)8-6-12-30-22(17)29)20(27)25(19(23)21(24)28)15(13-26)14(2)3/h6-9,14-19,26H,4-5,10-13H2,1-3H3/t15-,16-,17+,18-,19?,23-/m0/s1. The summed E-state index contributed by atoms with van der Waals surface area (Å²) in [6, 6.07) is -1.48. The van der Waals surface area contributed by atoms with Gasteiger partial charge in [0.2, 0.25) is 11.8 Å². The molecule has 4 rings (SSSR count). The molecule has 1 unspecified atom stereocenters. The topological polar surface area (TPSA) is 96.4 Å². The predicted molar refractivity (Wildman–Crippen MR) is 112 cm³/mol. The van der Waals surface area contributed by atoms with Crippen molar-refractivity contribution >= 4 is 17.8 Å². The molecule has 2 fully saturated rings. The van der Waals surface area contributed by atoms with Crippen LogP contribution in [0.5, 0.6) is 0 Å². The summed E-state index contributed by atoms with van der Waals surface area (Å²) in [5.41, 5.74) is -1.26. The predicted octanol–water partition coefficient (Wildman–Crippen LogP) is 0.896. The lowest BCUT2D eigenvalue weighted by molar-refractivity contribution is -0.155. The van der Waals surface area contributed by atoms with E-state index in [4.69, 9.17) is 9.47 Å². The number of fused-ring (bicyclic) bond motifs is 2. The summed E-state index contributed by atoms with van der Waals surface area (Å²) in [6.07, 6.45) is 8.34. The number of amides is 2. The van der Waals surface area contributed by atoms with Crippen LogP contribution in [0.25, 0.3) is 0 Å². The largest absolute Gasteiger partial charge is 0.461 e. The van der Waals surface area contributed by atoms with Crippen molar-refractivity contribution in [3.63, 3.8) is 0 Å².